The fourth-order valence-electron chi connectivity index (χ4n) is 1.32. The maximum Gasteiger partial charge on any atom is 0.226 e. The summed E-state index contributed by atoms with van der Waals surface area (Å²) >= 11 is 0. The van der Waals surface area contributed by atoms with Crippen LogP contribution in [0.1, 0.15) is 19.7 Å². The number of methoxy groups -OCH3 is 1. The zero-order valence-electron chi connectivity index (χ0n) is 11.5. The van der Waals surface area contributed by atoms with E-state index >= 15 is 0 Å². The Morgan fingerprint density at radius 2 is 1.74 bits per heavy atom. The van der Waals surface area contributed by atoms with Crippen molar-refractivity contribution in [2.45, 2.75) is 20.8 Å². The van der Waals surface area contributed by atoms with Crippen molar-refractivity contribution in [3.63, 3.8) is 0 Å². The van der Waals surface area contributed by atoms with Crippen molar-refractivity contribution in [1.82, 2.24) is 9.97 Å². The predicted molar refractivity (Wildman–Crippen MR) is 71.1 cm³/mol. The molecule has 2 aromatic rings. The zero-order chi connectivity index (χ0) is 14.3. The molecule has 0 aliphatic rings. The first-order chi connectivity index (χ1) is 9.17. The Morgan fingerprint density at radius 3 is 2.37 bits per heavy atom. The summed E-state index contributed by atoms with van der Waals surface area (Å²) in [6.07, 6.45) is 0. The second-order valence-electron chi connectivity index (χ2n) is 3.36. The van der Waals surface area contributed by atoms with Crippen LogP contribution in [0, 0.1) is 12.7 Å². The minimum atomic E-state index is -0.361. The minimum Gasteiger partial charge on any atom is -0.481 e. The molecular weight excluding hydrogens is 247 g/mol. The molecule has 0 spiro atoms. The SMILES string of the molecule is CC.COc1cc(Oc2cccc(F)c2)nc(C)n1. The number of nitrogens with zero attached hydrogens (tertiary/aromatic N) is 2. The highest BCUT2D eigenvalue weighted by Crippen LogP contribution is 2.22. The number of rotatable bonds is 3. The van der Waals surface area contributed by atoms with Crippen LogP contribution in [-0.4, -0.2) is 17.1 Å². The molecule has 102 valence electrons. The van der Waals surface area contributed by atoms with Gasteiger partial charge in [-0.25, -0.2) is 4.39 Å². The first-order valence-electron chi connectivity index (χ1n) is 6.00. The predicted octanol–water partition coefficient (Wildman–Crippen LogP) is 3.75. The summed E-state index contributed by atoms with van der Waals surface area (Å²) in [5, 5.41) is 0. The Kier molecular flexibility index (Phi) is 5.73. The third-order valence-corrected chi connectivity index (χ3v) is 2.02. The van der Waals surface area contributed by atoms with E-state index in [-0.39, 0.29) is 5.82 Å². The summed E-state index contributed by atoms with van der Waals surface area (Å²) in [6.45, 7) is 5.72. The maximum absolute atomic E-state index is 13.0. The van der Waals surface area contributed by atoms with E-state index in [2.05, 4.69) is 9.97 Å². The van der Waals surface area contributed by atoms with Gasteiger partial charge in [-0.2, -0.15) is 9.97 Å². The van der Waals surface area contributed by atoms with Gasteiger partial charge in [-0.05, 0) is 19.1 Å². The third kappa shape index (κ3) is 4.54. The number of halogens is 1. The molecule has 0 atom stereocenters. The van der Waals surface area contributed by atoms with Crippen molar-refractivity contribution in [1.29, 1.82) is 0 Å². The lowest BCUT2D eigenvalue weighted by Gasteiger charge is -2.06. The van der Waals surface area contributed by atoms with Gasteiger partial charge >= 0.3 is 0 Å². The van der Waals surface area contributed by atoms with Crippen molar-refractivity contribution in [2.75, 3.05) is 7.11 Å². The number of hydrogen-bond acceptors (Lipinski definition) is 4. The molecule has 0 N–H and O–H groups in total. The van der Waals surface area contributed by atoms with Crippen LogP contribution in [0.4, 0.5) is 4.39 Å². The third-order valence-electron chi connectivity index (χ3n) is 2.02. The molecular formula is C14H17FN2O2. The quantitative estimate of drug-likeness (QED) is 0.846. The summed E-state index contributed by atoms with van der Waals surface area (Å²) in [7, 11) is 1.51. The molecule has 0 unspecified atom stereocenters. The monoisotopic (exact) mass is 264 g/mol. The summed E-state index contributed by atoms with van der Waals surface area (Å²) in [6, 6.07) is 7.38. The highest BCUT2D eigenvalue weighted by molar-refractivity contribution is 5.29. The standard InChI is InChI=1S/C12H11FN2O2.C2H6/c1-8-14-11(16-2)7-12(15-8)17-10-5-3-4-9(13)6-10;1-2/h3-7H,1-2H3;1-2H3. The fourth-order valence-corrected chi connectivity index (χ4v) is 1.32. The summed E-state index contributed by atoms with van der Waals surface area (Å²) in [5.41, 5.74) is 0. The average molecular weight is 264 g/mol. The Labute approximate surface area is 112 Å². The van der Waals surface area contributed by atoms with E-state index in [9.17, 15) is 4.39 Å². The molecule has 5 heteroatoms. The van der Waals surface area contributed by atoms with Gasteiger partial charge < -0.3 is 9.47 Å². The van der Waals surface area contributed by atoms with Crippen molar-refractivity contribution < 1.29 is 13.9 Å². The van der Waals surface area contributed by atoms with Crippen LogP contribution in [0.15, 0.2) is 30.3 Å². The van der Waals surface area contributed by atoms with Gasteiger partial charge in [0.2, 0.25) is 11.8 Å². The molecule has 19 heavy (non-hydrogen) atoms. The van der Waals surface area contributed by atoms with Crippen LogP contribution in [0.3, 0.4) is 0 Å². The number of aromatic nitrogens is 2. The first-order valence-corrected chi connectivity index (χ1v) is 6.00. The number of hydrogen-bond donors (Lipinski definition) is 0. The molecule has 0 saturated heterocycles. The molecule has 1 heterocycles. The van der Waals surface area contributed by atoms with E-state index < -0.39 is 0 Å². The highest BCUT2D eigenvalue weighted by atomic mass is 19.1. The molecule has 2 rings (SSSR count). The second kappa shape index (κ2) is 7.31. The van der Waals surface area contributed by atoms with E-state index in [1.165, 1.54) is 25.3 Å². The molecule has 0 aliphatic heterocycles. The summed E-state index contributed by atoms with van der Waals surface area (Å²) < 4.78 is 23.4. The van der Waals surface area contributed by atoms with Gasteiger partial charge in [-0.1, -0.05) is 19.9 Å². The Balaban J connectivity index is 0.000000861. The minimum absolute atomic E-state index is 0.319. The molecule has 0 radical (unpaired) electrons. The van der Waals surface area contributed by atoms with E-state index in [1.807, 2.05) is 13.8 Å². The lowest BCUT2D eigenvalue weighted by atomic mass is 10.3. The number of benzene rings is 1. The summed E-state index contributed by atoms with van der Waals surface area (Å²) in [5.74, 6) is 1.27. The van der Waals surface area contributed by atoms with E-state index in [0.717, 1.165) is 0 Å². The maximum atomic E-state index is 13.0. The van der Waals surface area contributed by atoms with E-state index in [4.69, 9.17) is 9.47 Å². The molecule has 0 fully saturated rings. The van der Waals surface area contributed by atoms with Gasteiger partial charge in [0, 0.05) is 6.07 Å². The van der Waals surface area contributed by atoms with Crippen molar-refractivity contribution >= 4 is 0 Å². The van der Waals surface area contributed by atoms with Gasteiger partial charge in [-0.15, -0.1) is 0 Å². The van der Waals surface area contributed by atoms with Crippen LogP contribution >= 0.6 is 0 Å². The first kappa shape index (κ1) is 14.9. The van der Waals surface area contributed by atoms with Crippen LogP contribution in [-0.2, 0) is 0 Å². The lowest BCUT2D eigenvalue weighted by molar-refractivity contribution is 0.385. The Morgan fingerprint density at radius 1 is 1.05 bits per heavy atom. The van der Waals surface area contributed by atoms with Crippen LogP contribution in [0.25, 0.3) is 0 Å². The van der Waals surface area contributed by atoms with Crippen LogP contribution in [0.2, 0.25) is 0 Å². The topological polar surface area (TPSA) is 44.2 Å². The van der Waals surface area contributed by atoms with Gasteiger partial charge in [0.25, 0.3) is 0 Å². The molecule has 0 bridgehead atoms. The van der Waals surface area contributed by atoms with Crippen molar-refractivity contribution in [3.05, 3.63) is 42.0 Å². The van der Waals surface area contributed by atoms with Crippen LogP contribution in [0.5, 0.6) is 17.5 Å². The summed E-state index contributed by atoms with van der Waals surface area (Å²) in [4.78, 5) is 8.10. The Hall–Kier alpha value is -2.17. The van der Waals surface area contributed by atoms with E-state index in [1.54, 1.807) is 19.1 Å². The molecule has 0 aliphatic carbocycles. The second-order valence-corrected chi connectivity index (χ2v) is 3.36. The zero-order valence-corrected chi connectivity index (χ0v) is 11.5. The molecule has 4 nitrogen and oxygen atoms in total. The molecule has 0 saturated carbocycles. The van der Waals surface area contributed by atoms with Gasteiger partial charge in [0.05, 0.1) is 13.2 Å². The normalized spacial score (nSPS) is 9.32. The van der Waals surface area contributed by atoms with E-state index in [0.29, 0.717) is 23.3 Å². The van der Waals surface area contributed by atoms with Crippen molar-refractivity contribution in [3.8, 4) is 17.5 Å². The average Bonchev–Trinajstić information content (AvgIpc) is 2.40. The van der Waals surface area contributed by atoms with Gasteiger partial charge in [-0.3, -0.25) is 0 Å². The molecule has 1 aromatic carbocycles. The van der Waals surface area contributed by atoms with Crippen molar-refractivity contribution in [2.24, 2.45) is 0 Å². The lowest BCUT2D eigenvalue weighted by Crippen LogP contribution is -1.96. The number of ether oxygens (including phenoxy) is 2. The van der Waals surface area contributed by atoms with Crippen LogP contribution < -0.4 is 9.47 Å². The fraction of sp³-hybridized carbons (Fsp3) is 0.286. The smallest absolute Gasteiger partial charge is 0.226 e. The Bertz CT molecular complexity index is 533. The number of aryl methyl sites for hydroxylation is 1. The largest absolute Gasteiger partial charge is 0.481 e. The molecule has 1 aromatic heterocycles. The van der Waals surface area contributed by atoms with Gasteiger partial charge in [0.1, 0.15) is 17.4 Å². The van der Waals surface area contributed by atoms with Gasteiger partial charge in [0.15, 0.2) is 0 Å². The molecule has 0 amide bonds. The highest BCUT2D eigenvalue weighted by Gasteiger charge is 2.04.